The van der Waals surface area contributed by atoms with Crippen LogP contribution in [0, 0.1) is 17.3 Å². The Hall–Kier alpha value is -0.0400. The van der Waals surface area contributed by atoms with Gasteiger partial charge in [0.2, 0.25) is 0 Å². The van der Waals surface area contributed by atoms with E-state index in [2.05, 4.69) is 20.8 Å². The second kappa shape index (κ2) is 7.11. The summed E-state index contributed by atoms with van der Waals surface area (Å²) < 4.78 is 6.02. The SMILES string of the molecule is CCCCCCCCC1(C)CC[C@H]2C(C)COC2C1. The summed E-state index contributed by atoms with van der Waals surface area (Å²) in [6.07, 6.45) is 14.8. The van der Waals surface area contributed by atoms with Gasteiger partial charge in [0.15, 0.2) is 0 Å². The number of fused-ring (bicyclic) bond motifs is 1. The van der Waals surface area contributed by atoms with Crippen LogP contribution in [0.1, 0.15) is 85.0 Å². The Kier molecular flexibility index (Phi) is 5.74. The van der Waals surface area contributed by atoms with Gasteiger partial charge in [-0.1, -0.05) is 59.3 Å². The van der Waals surface area contributed by atoms with Crippen LogP contribution in [0.15, 0.2) is 0 Å². The van der Waals surface area contributed by atoms with Crippen LogP contribution in [-0.4, -0.2) is 12.7 Å². The molecule has 0 radical (unpaired) electrons. The summed E-state index contributed by atoms with van der Waals surface area (Å²) in [5.41, 5.74) is 0.579. The molecule has 1 saturated carbocycles. The highest BCUT2D eigenvalue weighted by molar-refractivity contribution is 4.93. The fraction of sp³-hybridized carbons (Fsp3) is 1.00. The minimum Gasteiger partial charge on any atom is -0.378 e. The molecule has 4 atom stereocenters. The third-order valence-electron chi connectivity index (χ3n) is 5.69. The average Bonchev–Trinajstić information content (AvgIpc) is 2.74. The van der Waals surface area contributed by atoms with Crippen molar-refractivity contribution in [1.29, 1.82) is 0 Å². The molecule has 112 valence electrons. The molecular formula is C18H34O. The van der Waals surface area contributed by atoms with Crippen LogP contribution in [0.2, 0.25) is 0 Å². The zero-order valence-electron chi connectivity index (χ0n) is 13.4. The topological polar surface area (TPSA) is 9.23 Å². The Morgan fingerprint density at radius 1 is 1.11 bits per heavy atom. The molecule has 0 aromatic carbocycles. The number of rotatable bonds is 7. The lowest BCUT2D eigenvalue weighted by Gasteiger charge is -2.40. The van der Waals surface area contributed by atoms with Gasteiger partial charge in [0.05, 0.1) is 6.10 Å². The minimum atomic E-state index is 0.579. The van der Waals surface area contributed by atoms with Crippen LogP contribution in [0.5, 0.6) is 0 Å². The van der Waals surface area contributed by atoms with Gasteiger partial charge in [0.25, 0.3) is 0 Å². The molecular weight excluding hydrogens is 232 g/mol. The van der Waals surface area contributed by atoms with Crippen molar-refractivity contribution in [2.45, 2.75) is 91.1 Å². The maximum atomic E-state index is 6.02. The van der Waals surface area contributed by atoms with Gasteiger partial charge in [-0.05, 0) is 42.9 Å². The Balaban J connectivity index is 1.66. The molecule has 2 fully saturated rings. The summed E-state index contributed by atoms with van der Waals surface area (Å²) in [6, 6.07) is 0. The molecule has 1 aliphatic heterocycles. The highest BCUT2D eigenvalue weighted by Gasteiger charge is 2.43. The van der Waals surface area contributed by atoms with Crippen molar-refractivity contribution in [3.63, 3.8) is 0 Å². The predicted molar refractivity (Wildman–Crippen MR) is 82.3 cm³/mol. The molecule has 0 amide bonds. The molecule has 0 aromatic rings. The minimum absolute atomic E-state index is 0.579. The maximum absolute atomic E-state index is 6.02. The first kappa shape index (κ1) is 15.4. The predicted octanol–water partition coefficient (Wildman–Crippen LogP) is 5.58. The summed E-state index contributed by atoms with van der Waals surface area (Å²) in [5.74, 6) is 1.68. The fourth-order valence-corrected chi connectivity index (χ4v) is 4.23. The first-order chi connectivity index (χ1) is 9.14. The summed E-state index contributed by atoms with van der Waals surface area (Å²) in [6.45, 7) is 8.20. The molecule has 2 aliphatic rings. The van der Waals surface area contributed by atoms with Crippen LogP contribution in [0.3, 0.4) is 0 Å². The van der Waals surface area contributed by atoms with Crippen molar-refractivity contribution in [2.75, 3.05) is 6.61 Å². The third kappa shape index (κ3) is 4.21. The van der Waals surface area contributed by atoms with Crippen molar-refractivity contribution in [3.05, 3.63) is 0 Å². The van der Waals surface area contributed by atoms with E-state index in [0.717, 1.165) is 18.4 Å². The average molecular weight is 266 g/mol. The second-order valence-electron chi connectivity index (χ2n) is 7.58. The summed E-state index contributed by atoms with van der Waals surface area (Å²) >= 11 is 0. The lowest BCUT2D eigenvalue weighted by atomic mass is 9.66. The molecule has 1 nitrogen and oxygen atoms in total. The molecule has 2 rings (SSSR count). The molecule has 3 unspecified atom stereocenters. The van der Waals surface area contributed by atoms with Crippen molar-refractivity contribution >= 4 is 0 Å². The quantitative estimate of drug-likeness (QED) is 0.547. The van der Waals surface area contributed by atoms with E-state index in [0.29, 0.717) is 11.5 Å². The first-order valence-electron chi connectivity index (χ1n) is 8.76. The number of ether oxygens (including phenoxy) is 1. The lowest BCUT2D eigenvalue weighted by Crippen LogP contribution is -2.34. The zero-order chi connectivity index (χ0) is 13.7. The van der Waals surface area contributed by atoms with E-state index in [1.807, 2.05) is 0 Å². The monoisotopic (exact) mass is 266 g/mol. The van der Waals surface area contributed by atoms with E-state index in [-0.39, 0.29) is 0 Å². The Morgan fingerprint density at radius 2 is 1.84 bits per heavy atom. The normalized spacial score (nSPS) is 38.4. The second-order valence-corrected chi connectivity index (χ2v) is 7.58. The zero-order valence-corrected chi connectivity index (χ0v) is 13.4. The molecule has 0 bridgehead atoms. The Morgan fingerprint density at radius 3 is 2.63 bits per heavy atom. The van der Waals surface area contributed by atoms with Gasteiger partial charge in [0, 0.05) is 6.61 Å². The molecule has 1 heterocycles. The van der Waals surface area contributed by atoms with Gasteiger partial charge in [0.1, 0.15) is 0 Å². The van der Waals surface area contributed by atoms with E-state index in [1.165, 1.54) is 64.2 Å². The van der Waals surface area contributed by atoms with Crippen molar-refractivity contribution in [1.82, 2.24) is 0 Å². The van der Waals surface area contributed by atoms with Crippen molar-refractivity contribution in [3.8, 4) is 0 Å². The third-order valence-corrected chi connectivity index (χ3v) is 5.69. The van der Waals surface area contributed by atoms with E-state index >= 15 is 0 Å². The first-order valence-corrected chi connectivity index (χ1v) is 8.76. The van der Waals surface area contributed by atoms with Crippen molar-refractivity contribution < 1.29 is 4.74 Å². The van der Waals surface area contributed by atoms with Crippen LogP contribution in [-0.2, 0) is 4.74 Å². The van der Waals surface area contributed by atoms with Gasteiger partial charge < -0.3 is 4.74 Å². The number of unbranched alkanes of at least 4 members (excludes halogenated alkanes) is 5. The van der Waals surface area contributed by atoms with Crippen LogP contribution >= 0.6 is 0 Å². The molecule has 1 saturated heterocycles. The Bertz CT molecular complexity index is 262. The van der Waals surface area contributed by atoms with E-state index < -0.39 is 0 Å². The highest BCUT2D eigenvalue weighted by Crippen LogP contribution is 2.48. The maximum Gasteiger partial charge on any atom is 0.0612 e. The highest BCUT2D eigenvalue weighted by atomic mass is 16.5. The molecule has 1 aliphatic carbocycles. The lowest BCUT2D eigenvalue weighted by molar-refractivity contribution is 0.00933. The summed E-state index contributed by atoms with van der Waals surface area (Å²) in [5, 5.41) is 0. The van der Waals surface area contributed by atoms with E-state index in [1.54, 1.807) is 0 Å². The van der Waals surface area contributed by atoms with Gasteiger partial charge >= 0.3 is 0 Å². The molecule has 0 spiro atoms. The van der Waals surface area contributed by atoms with Gasteiger partial charge in [-0.25, -0.2) is 0 Å². The van der Waals surface area contributed by atoms with Gasteiger partial charge in [-0.15, -0.1) is 0 Å². The molecule has 0 aromatic heterocycles. The standard InChI is InChI=1S/C18H34O/c1-4-5-6-7-8-9-11-18(3)12-10-16-15(2)14-19-17(16)13-18/h15-17H,4-14H2,1-3H3/t15?,16-,17?,18?/m0/s1. The number of hydrogen-bond donors (Lipinski definition) is 0. The van der Waals surface area contributed by atoms with Crippen LogP contribution in [0.25, 0.3) is 0 Å². The van der Waals surface area contributed by atoms with Gasteiger partial charge in [-0.2, -0.15) is 0 Å². The smallest absolute Gasteiger partial charge is 0.0612 e. The summed E-state index contributed by atoms with van der Waals surface area (Å²) in [4.78, 5) is 0. The van der Waals surface area contributed by atoms with Gasteiger partial charge in [-0.3, -0.25) is 0 Å². The fourth-order valence-electron chi connectivity index (χ4n) is 4.23. The summed E-state index contributed by atoms with van der Waals surface area (Å²) in [7, 11) is 0. The Labute approximate surface area is 120 Å². The largest absolute Gasteiger partial charge is 0.378 e. The molecule has 19 heavy (non-hydrogen) atoms. The number of hydrogen-bond acceptors (Lipinski definition) is 1. The van der Waals surface area contributed by atoms with Crippen LogP contribution < -0.4 is 0 Å². The van der Waals surface area contributed by atoms with Crippen molar-refractivity contribution in [2.24, 2.45) is 17.3 Å². The molecule has 1 heteroatoms. The molecule has 0 N–H and O–H groups in total. The van der Waals surface area contributed by atoms with E-state index in [4.69, 9.17) is 4.74 Å². The van der Waals surface area contributed by atoms with E-state index in [9.17, 15) is 0 Å². The van der Waals surface area contributed by atoms with Crippen LogP contribution in [0.4, 0.5) is 0 Å².